The van der Waals surface area contributed by atoms with Crippen molar-refractivity contribution in [2.24, 2.45) is 0 Å². The highest BCUT2D eigenvalue weighted by Gasteiger charge is 2.30. The molecule has 1 aliphatic heterocycles. The zero-order valence-corrected chi connectivity index (χ0v) is 15.6. The second kappa shape index (κ2) is 7.64. The first-order valence-electron chi connectivity index (χ1n) is 9.11. The van der Waals surface area contributed by atoms with Crippen LogP contribution in [0.1, 0.15) is 28.4 Å². The summed E-state index contributed by atoms with van der Waals surface area (Å²) < 4.78 is 5.23. The molecule has 3 aromatic rings. The molecule has 0 unspecified atom stereocenters. The molecular formula is C21H21N5O2. The van der Waals surface area contributed by atoms with E-state index in [4.69, 9.17) is 10.5 Å². The van der Waals surface area contributed by atoms with Crippen molar-refractivity contribution in [1.82, 2.24) is 19.9 Å². The van der Waals surface area contributed by atoms with Crippen molar-refractivity contribution in [2.45, 2.75) is 12.3 Å². The summed E-state index contributed by atoms with van der Waals surface area (Å²) in [5, 5.41) is 0. The number of likely N-dealkylation sites (tertiary alicyclic amines) is 1. The van der Waals surface area contributed by atoms with Crippen molar-refractivity contribution >= 4 is 11.7 Å². The number of methoxy groups -OCH3 is 1. The maximum atomic E-state index is 12.9. The standard InChI is InChI=1S/C21H21N5O2/c1-28-17-4-2-3-15(9-17)21(27)26-8-6-16(12-26)20-18(11-23-13-25-20)14-5-7-24-19(22)10-14/h2-5,7,9-11,13,16H,6,8,12H2,1H3,(H2,22,24)/t16-/m0/s1. The van der Waals surface area contributed by atoms with E-state index in [0.717, 1.165) is 23.2 Å². The van der Waals surface area contributed by atoms with E-state index in [1.165, 1.54) is 0 Å². The Bertz CT molecular complexity index is 1010. The zero-order chi connectivity index (χ0) is 19.5. The molecule has 7 nitrogen and oxygen atoms in total. The van der Waals surface area contributed by atoms with E-state index in [2.05, 4.69) is 15.0 Å². The number of nitrogens with two attached hydrogens (primary N) is 1. The largest absolute Gasteiger partial charge is 0.497 e. The predicted octanol–water partition coefficient (Wildman–Crippen LogP) is 2.76. The Morgan fingerprint density at radius 1 is 1.25 bits per heavy atom. The quantitative estimate of drug-likeness (QED) is 0.753. The summed E-state index contributed by atoms with van der Waals surface area (Å²) in [5.74, 6) is 1.27. The Hall–Kier alpha value is -3.48. The maximum absolute atomic E-state index is 12.9. The van der Waals surface area contributed by atoms with Crippen molar-refractivity contribution in [3.63, 3.8) is 0 Å². The monoisotopic (exact) mass is 375 g/mol. The lowest BCUT2D eigenvalue weighted by Crippen LogP contribution is -2.28. The number of rotatable bonds is 4. The van der Waals surface area contributed by atoms with Crippen LogP contribution in [0.3, 0.4) is 0 Å². The molecule has 28 heavy (non-hydrogen) atoms. The molecule has 1 atom stereocenters. The van der Waals surface area contributed by atoms with Crippen LogP contribution in [-0.2, 0) is 0 Å². The van der Waals surface area contributed by atoms with Crippen LogP contribution in [0.5, 0.6) is 5.75 Å². The minimum atomic E-state index is 0.00478. The second-order valence-electron chi connectivity index (χ2n) is 6.76. The fourth-order valence-electron chi connectivity index (χ4n) is 3.61. The first kappa shape index (κ1) is 17.9. The van der Waals surface area contributed by atoms with Gasteiger partial charge in [0.15, 0.2) is 0 Å². The summed E-state index contributed by atoms with van der Waals surface area (Å²) >= 11 is 0. The van der Waals surface area contributed by atoms with Crippen molar-refractivity contribution in [1.29, 1.82) is 0 Å². The van der Waals surface area contributed by atoms with Gasteiger partial charge < -0.3 is 15.4 Å². The van der Waals surface area contributed by atoms with E-state index in [1.54, 1.807) is 31.9 Å². The van der Waals surface area contributed by atoms with E-state index in [0.29, 0.717) is 30.2 Å². The third-order valence-electron chi connectivity index (χ3n) is 5.01. The summed E-state index contributed by atoms with van der Waals surface area (Å²) in [4.78, 5) is 27.5. The number of ether oxygens (including phenoxy) is 1. The Morgan fingerprint density at radius 3 is 2.96 bits per heavy atom. The molecule has 0 spiro atoms. The molecule has 2 aromatic heterocycles. The highest BCUT2D eigenvalue weighted by molar-refractivity contribution is 5.94. The normalized spacial score (nSPS) is 16.2. The van der Waals surface area contributed by atoms with Gasteiger partial charge in [-0.1, -0.05) is 6.07 Å². The van der Waals surface area contributed by atoms with E-state index < -0.39 is 0 Å². The van der Waals surface area contributed by atoms with Crippen LogP contribution in [0.15, 0.2) is 55.1 Å². The minimum Gasteiger partial charge on any atom is -0.497 e. The van der Waals surface area contributed by atoms with Gasteiger partial charge in [0.2, 0.25) is 0 Å². The smallest absolute Gasteiger partial charge is 0.254 e. The molecular weight excluding hydrogens is 354 g/mol. The molecule has 0 saturated carbocycles. The van der Waals surface area contributed by atoms with Crippen molar-refractivity contribution in [3.05, 3.63) is 66.4 Å². The van der Waals surface area contributed by atoms with Gasteiger partial charge in [-0.05, 0) is 42.3 Å². The summed E-state index contributed by atoms with van der Waals surface area (Å²) in [6.07, 6.45) is 5.87. The van der Waals surface area contributed by atoms with Crippen LogP contribution in [-0.4, -0.2) is 46.0 Å². The number of carbonyl (C=O) groups excluding carboxylic acids is 1. The van der Waals surface area contributed by atoms with Gasteiger partial charge in [0.1, 0.15) is 17.9 Å². The van der Waals surface area contributed by atoms with E-state index in [-0.39, 0.29) is 11.8 Å². The lowest BCUT2D eigenvalue weighted by molar-refractivity contribution is 0.0790. The fourth-order valence-corrected chi connectivity index (χ4v) is 3.61. The molecule has 0 aliphatic carbocycles. The van der Waals surface area contributed by atoms with Gasteiger partial charge in [0.05, 0.1) is 12.8 Å². The number of anilines is 1. The SMILES string of the molecule is COc1cccc(C(=O)N2CC[C@H](c3ncncc3-c3ccnc(N)c3)C2)c1. The molecule has 7 heteroatoms. The second-order valence-corrected chi connectivity index (χ2v) is 6.76. The first-order chi connectivity index (χ1) is 13.7. The summed E-state index contributed by atoms with van der Waals surface area (Å²) in [6.45, 7) is 1.29. The Kier molecular flexibility index (Phi) is 4.89. The molecule has 1 amide bonds. The predicted molar refractivity (Wildman–Crippen MR) is 106 cm³/mol. The molecule has 1 aliphatic rings. The topological polar surface area (TPSA) is 94.2 Å². The number of pyridine rings is 1. The molecule has 0 radical (unpaired) electrons. The number of amides is 1. The van der Waals surface area contributed by atoms with E-state index in [1.807, 2.05) is 35.2 Å². The summed E-state index contributed by atoms with van der Waals surface area (Å²) in [5.41, 5.74) is 9.25. The average Bonchev–Trinajstić information content (AvgIpc) is 3.23. The number of hydrogen-bond acceptors (Lipinski definition) is 6. The van der Waals surface area contributed by atoms with Gasteiger partial charge in [0.25, 0.3) is 5.91 Å². The molecule has 2 N–H and O–H groups in total. The van der Waals surface area contributed by atoms with Crippen LogP contribution < -0.4 is 10.5 Å². The van der Waals surface area contributed by atoms with Gasteiger partial charge in [-0.2, -0.15) is 0 Å². The van der Waals surface area contributed by atoms with Crippen molar-refractivity contribution in [2.75, 3.05) is 25.9 Å². The van der Waals surface area contributed by atoms with Crippen molar-refractivity contribution < 1.29 is 9.53 Å². The number of nitrogen functional groups attached to an aromatic ring is 1. The Morgan fingerprint density at radius 2 is 2.14 bits per heavy atom. The van der Waals surface area contributed by atoms with E-state index >= 15 is 0 Å². The minimum absolute atomic E-state index is 0.00478. The summed E-state index contributed by atoms with van der Waals surface area (Å²) in [7, 11) is 1.60. The van der Waals surface area contributed by atoms with Gasteiger partial charge >= 0.3 is 0 Å². The average molecular weight is 375 g/mol. The van der Waals surface area contributed by atoms with Crippen LogP contribution in [0.25, 0.3) is 11.1 Å². The van der Waals surface area contributed by atoms with Gasteiger partial charge in [-0.15, -0.1) is 0 Å². The molecule has 1 saturated heterocycles. The number of aromatic nitrogens is 3. The molecule has 4 rings (SSSR count). The zero-order valence-electron chi connectivity index (χ0n) is 15.6. The number of benzene rings is 1. The molecule has 1 aromatic carbocycles. The highest BCUT2D eigenvalue weighted by Crippen LogP contribution is 2.33. The molecule has 0 bridgehead atoms. The van der Waals surface area contributed by atoms with Crippen LogP contribution in [0.2, 0.25) is 0 Å². The van der Waals surface area contributed by atoms with E-state index in [9.17, 15) is 4.79 Å². The third kappa shape index (κ3) is 3.51. The van der Waals surface area contributed by atoms with Crippen molar-refractivity contribution in [3.8, 4) is 16.9 Å². The lowest BCUT2D eigenvalue weighted by atomic mass is 9.96. The van der Waals surface area contributed by atoms with Gasteiger partial charge in [0, 0.05) is 42.5 Å². The summed E-state index contributed by atoms with van der Waals surface area (Å²) in [6, 6.07) is 11.0. The van der Waals surface area contributed by atoms with Crippen LogP contribution in [0, 0.1) is 0 Å². The lowest BCUT2D eigenvalue weighted by Gasteiger charge is -2.18. The van der Waals surface area contributed by atoms with Gasteiger partial charge in [-0.25, -0.2) is 15.0 Å². The molecule has 1 fully saturated rings. The number of nitrogens with zero attached hydrogens (tertiary/aromatic N) is 4. The first-order valence-corrected chi connectivity index (χ1v) is 9.11. The Balaban J connectivity index is 1.57. The molecule has 3 heterocycles. The highest BCUT2D eigenvalue weighted by atomic mass is 16.5. The van der Waals surface area contributed by atoms with Crippen LogP contribution in [0.4, 0.5) is 5.82 Å². The fraction of sp³-hybridized carbons (Fsp3) is 0.238. The third-order valence-corrected chi connectivity index (χ3v) is 5.01. The maximum Gasteiger partial charge on any atom is 0.254 e. The number of carbonyl (C=O) groups is 1. The molecule has 142 valence electrons. The number of hydrogen-bond donors (Lipinski definition) is 1. The van der Waals surface area contributed by atoms with Gasteiger partial charge in [-0.3, -0.25) is 4.79 Å². The Labute approximate surface area is 163 Å². The van der Waals surface area contributed by atoms with Crippen LogP contribution >= 0.6 is 0 Å².